The van der Waals surface area contributed by atoms with Crippen LogP contribution in [0.25, 0.3) is 0 Å². The van der Waals surface area contributed by atoms with E-state index < -0.39 is 10.2 Å². The maximum absolute atomic E-state index is 12.6. The van der Waals surface area contributed by atoms with E-state index in [0.29, 0.717) is 25.6 Å². The summed E-state index contributed by atoms with van der Waals surface area (Å²) in [4.78, 5) is 2.31. The third kappa shape index (κ3) is 4.15. The molecule has 2 aliphatic rings. The molecule has 3 rings (SSSR count). The van der Waals surface area contributed by atoms with E-state index in [-0.39, 0.29) is 6.04 Å². The molecule has 130 valence electrons. The van der Waals surface area contributed by atoms with Crippen molar-refractivity contribution in [2.45, 2.75) is 38.6 Å². The highest BCUT2D eigenvalue weighted by molar-refractivity contribution is 7.87. The Kier molecular flexibility index (Phi) is 5.41. The van der Waals surface area contributed by atoms with E-state index in [1.807, 2.05) is 12.1 Å². The number of likely N-dealkylation sites (tertiary alicyclic amines) is 1. The van der Waals surface area contributed by atoms with E-state index in [9.17, 15) is 8.42 Å². The molecular formula is C16H27N3O3S. The van der Waals surface area contributed by atoms with Gasteiger partial charge in [-0.05, 0) is 56.8 Å². The lowest BCUT2D eigenvalue weighted by Gasteiger charge is -2.31. The molecular weight excluding hydrogens is 314 g/mol. The summed E-state index contributed by atoms with van der Waals surface area (Å²) in [5.74, 6) is 1.27. The Morgan fingerprint density at radius 1 is 1.30 bits per heavy atom. The monoisotopic (exact) mass is 341 g/mol. The average Bonchev–Trinajstić information content (AvgIpc) is 3.21. The maximum atomic E-state index is 12.6. The van der Waals surface area contributed by atoms with E-state index in [1.165, 1.54) is 0 Å². The van der Waals surface area contributed by atoms with Crippen LogP contribution in [-0.2, 0) is 10.2 Å². The highest BCUT2D eigenvalue weighted by Crippen LogP contribution is 2.25. The molecule has 0 saturated carbocycles. The first-order valence-corrected chi connectivity index (χ1v) is 10.0. The highest BCUT2D eigenvalue weighted by atomic mass is 32.2. The third-order valence-electron chi connectivity index (χ3n) is 4.87. The number of rotatable bonds is 6. The molecule has 1 aromatic heterocycles. The van der Waals surface area contributed by atoms with Crippen LogP contribution in [0.15, 0.2) is 22.8 Å². The second-order valence-corrected chi connectivity index (χ2v) is 8.49. The Morgan fingerprint density at radius 2 is 2.09 bits per heavy atom. The average molecular weight is 341 g/mol. The zero-order valence-corrected chi connectivity index (χ0v) is 14.6. The third-order valence-corrected chi connectivity index (χ3v) is 6.41. The van der Waals surface area contributed by atoms with E-state index in [1.54, 1.807) is 10.6 Å². The normalized spacial score (nSPS) is 25.7. The molecule has 0 radical (unpaired) electrons. The Labute approximate surface area is 139 Å². The number of nitrogens with one attached hydrogen (secondary N) is 1. The molecule has 0 amide bonds. The summed E-state index contributed by atoms with van der Waals surface area (Å²) in [6.07, 6.45) is 6.02. The summed E-state index contributed by atoms with van der Waals surface area (Å²) in [7, 11) is -3.42. The summed E-state index contributed by atoms with van der Waals surface area (Å²) in [6.45, 7) is 5.69. The van der Waals surface area contributed by atoms with Crippen molar-refractivity contribution >= 4 is 10.2 Å². The van der Waals surface area contributed by atoms with Crippen molar-refractivity contribution in [3.8, 4) is 0 Å². The number of furan rings is 1. The van der Waals surface area contributed by atoms with Gasteiger partial charge >= 0.3 is 0 Å². The molecule has 3 heterocycles. The SMILES string of the molecule is C[C@@H]1CCCN(S(=O)(=O)NC[C@@H](c2ccco2)N2CCCC2)C1. The molecule has 0 aliphatic carbocycles. The van der Waals surface area contributed by atoms with Crippen molar-refractivity contribution in [1.29, 1.82) is 0 Å². The first-order chi connectivity index (χ1) is 11.1. The fraction of sp³-hybridized carbons (Fsp3) is 0.750. The molecule has 6 nitrogen and oxygen atoms in total. The lowest BCUT2D eigenvalue weighted by atomic mass is 10.0. The number of nitrogens with zero attached hydrogens (tertiary/aromatic N) is 2. The summed E-state index contributed by atoms with van der Waals surface area (Å²) in [5.41, 5.74) is 0. The van der Waals surface area contributed by atoms with Gasteiger partial charge in [0.2, 0.25) is 0 Å². The van der Waals surface area contributed by atoms with Crippen LogP contribution >= 0.6 is 0 Å². The largest absolute Gasteiger partial charge is 0.468 e. The van der Waals surface area contributed by atoms with Gasteiger partial charge in [-0.2, -0.15) is 12.7 Å². The van der Waals surface area contributed by atoms with Gasteiger partial charge in [-0.15, -0.1) is 0 Å². The number of piperidine rings is 1. The van der Waals surface area contributed by atoms with Gasteiger partial charge in [0.15, 0.2) is 0 Å². The molecule has 0 aromatic carbocycles. The van der Waals surface area contributed by atoms with Gasteiger partial charge in [0.1, 0.15) is 5.76 Å². The van der Waals surface area contributed by atoms with Gasteiger partial charge in [-0.3, -0.25) is 4.90 Å². The maximum Gasteiger partial charge on any atom is 0.279 e. The standard InChI is InChI=1S/C16H27N3O3S/c1-14-6-4-10-19(13-14)23(20,21)17-12-15(16-7-5-11-22-16)18-8-2-3-9-18/h5,7,11,14-15,17H,2-4,6,8-10,12-13H2,1H3/t14-,15+/m1/s1. The van der Waals surface area contributed by atoms with Crippen molar-refractivity contribution in [2.75, 3.05) is 32.7 Å². The first-order valence-electron chi connectivity index (χ1n) is 8.58. The fourth-order valence-corrected chi connectivity index (χ4v) is 4.96. The van der Waals surface area contributed by atoms with Crippen LogP contribution in [0, 0.1) is 5.92 Å². The molecule has 7 heteroatoms. The van der Waals surface area contributed by atoms with Crippen LogP contribution in [-0.4, -0.2) is 50.3 Å². The Bertz CT molecular complexity index is 582. The van der Waals surface area contributed by atoms with Crippen molar-refractivity contribution in [3.63, 3.8) is 0 Å². The molecule has 1 aromatic rings. The van der Waals surface area contributed by atoms with Crippen molar-refractivity contribution in [1.82, 2.24) is 13.9 Å². The van der Waals surface area contributed by atoms with E-state index >= 15 is 0 Å². The predicted octanol–water partition coefficient (Wildman–Crippen LogP) is 1.98. The molecule has 0 unspecified atom stereocenters. The van der Waals surface area contributed by atoms with Crippen LogP contribution in [0.2, 0.25) is 0 Å². The summed E-state index contributed by atoms with van der Waals surface area (Å²) in [5, 5.41) is 0. The van der Waals surface area contributed by atoms with Crippen LogP contribution in [0.5, 0.6) is 0 Å². The van der Waals surface area contributed by atoms with Crippen LogP contribution < -0.4 is 4.72 Å². The van der Waals surface area contributed by atoms with Crippen molar-refractivity contribution < 1.29 is 12.8 Å². The second-order valence-electron chi connectivity index (χ2n) is 6.73. The molecule has 2 atom stereocenters. The Balaban J connectivity index is 1.66. The van der Waals surface area contributed by atoms with Gasteiger partial charge in [-0.25, -0.2) is 4.72 Å². The number of hydrogen-bond acceptors (Lipinski definition) is 4. The first kappa shape index (κ1) is 17.0. The van der Waals surface area contributed by atoms with E-state index in [4.69, 9.17) is 4.42 Å². The minimum Gasteiger partial charge on any atom is -0.468 e. The van der Waals surface area contributed by atoms with Gasteiger partial charge in [0.25, 0.3) is 10.2 Å². The second kappa shape index (κ2) is 7.34. The number of hydrogen-bond donors (Lipinski definition) is 1. The smallest absolute Gasteiger partial charge is 0.279 e. The van der Waals surface area contributed by atoms with Gasteiger partial charge in [0, 0.05) is 19.6 Å². The zero-order chi connectivity index (χ0) is 16.3. The van der Waals surface area contributed by atoms with Gasteiger partial charge < -0.3 is 4.42 Å². The summed E-state index contributed by atoms with van der Waals surface area (Å²) < 4.78 is 35.1. The van der Waals surface area contributed by atoms with Crippen molar-refractivity contribution in [2.24, 2.45) is 5.92 Å². The molecule has 0 spiro atoms. The highest BCUT2D eigenvalue weighted by Gasteiger charge is 2.30. The lowest BCUT2D eigenvalue weighted by Crippen LogP contribution is -2.47. The molecule has 2 saturated heterocycles. The zero-order valence-electron chi connectivity index (χ0n) is 13.8. The quantitative estimate of drug-likeness (QED) is 0.859. The summed E-state index contributed by atoms with van der Waals surface area (Å²) >= 11 is 0. The lowest BCUT2D eigenvalue weighted by molar-refractivity contribution is 0.214. The summed E-state index contributed by atoms with van der Waals surface area (Å²) in [6, 6.07) is 3.77. The van der Waals surface area contributed by atoms with Crippen LogP contribution in [0.3, 0.4) is 0 Å². The molecule has 0 bridgehead atoms. The molecule has 2 fully saturated rings. The predicted molar refractivity (Wildman–Crippen MR) is 89.1 cm³/mol. The molecule has 1 N–H and O–H groups in total. The Morgan fingerprint density at radius 3 is 2.74 bits per heavy atom. The minimum atomic E-state index is -3.42. The van der Waals surface area contributed by atoms with E-state index in [2.05, 4.69) is 16.5 Å². The van der Waals surface area contributed by atoms with Crippen LogP contribution in [0.4, 0.5) is 0 Å². The minimum absolute atomic E-state index is 0.0236. The van der Waals surface area contributed by atoms with Crippen LogP contribution in [0.1, 0.15) is 44.4 Å². The molecule has 2 aliphatic heterocycles. The van der Waals surface area contributed by atoms with E-state index in [0.717, 1.165) is 44.5 Å². The Hall–Kier alpha value is -0.890. The molecule has 23 heavy (non-hydrogen) atoms. The fourth-order valence-electron chi connectivity index (χ4n) is 3.58. The topological polar surface area (TPSA) is 65.8 Å². The van der Waals surface area contributed by atoms with Gasteiger partial charge in [-0.1, -0.05) is 6.92 Å². The van der Waals surface area contributed by atoms with Crippen molar-refractivity contribution in [3.05, 3.63) is 24.2 Å². The van der Waals surface area contributed by atoms with Gasteiger partial charge in [0.05, 0.1) is 12.3 Å².